The highest BCUT2D eigenvalue weighted by atomic mass is 16.7. The van der Waals surface area contributed by atoms with Gasteiger partial charge in [0.1, 0.15) is 11.8 Å². The summed E-state index contributed by atoms with van der Waals surface area (Å²) in [5.41, 5.74) is -1.33. The first-order valence-corrected chi connectivity index (χ1v) is 10.4. The molecule has 166 valence electrons. The monoisotopic (exact) mass is 421 g/mol. The summed E-state index contributed by atoms with van der Waals surface area (Å²) in [5.74, 6) is -0.754. The van der Waals surface area contributed by atoms with Gasteiger partial charge < -0.3 is 23.9 Å². The Hall–Kier alpha value is -1.84. The van der Waals surface area contributed by atoms with E-state index in [1.165, 1.54) is 23.9 Å². The molecular formula is C21H32BNO7. The van der Waals surface area contributed by atoms with E-state index in [1.807, 2.05) is 34.6 Å². The summed E-state index contributed by atoms with van der Waals surface area (Å²) in [6.07, 6.45) is 4.68. The van der Waals surface area contributed by atoms with Crippen LogP contribution in [0.5, 0.6) is 5.75 Å². The topological polar surface area (TPSA) is 96.2 Å². The Balaban J connectivity index is 1.84. The second-order valence-electron chi connectivity index (χ2n) is 9.43. The van der Waals surface area contributed by atoms with Gasteiger partial charge in [0.05, 0.1) is 23.9 Å². The number of aliphatic carboxylic acids is 1. The van der Waals surface area contributed by atoms with Gasteiger partial charge >= 0.3 is 13.1 Å². The third-order valence-corrected chi connectivity index (χ3v) is 6.68. The largest absolute Gasteiger partial charge is 0.498 e. The van der Waals surface area contributed by atoms with Gasteiger partial charge in [0.2, 0.25) is 0 Å². The third-order valence-electron chi connectivity index (χ3n) is 6.68. The lowest BCUT2D eigenvalue weighted by atomic mass is 9.79. The molecule has 2 fully saturated rings. The van der Waals surface area contributed by atoms with Gasteiger partial charge in [-0.15, -0.1) is 0 Å². The minimum Gasteiger partial charge on any atom is -0.496 e. The maximum absolute atomic E-state index is 12.9. The van der Waals surface area contributed by atoms with Gasteiger partial charge in [-0.05, 0) is 53.9 Å². The highest BCUT2D eigenvalue weighted by Crippen LogP contribution is 2.37. The molecule has 3 rings (SSSR count). The van der Waals surface area contributed by atoms with E-state index >= 15 is 0 Å². The lowest BCUT2D eigenvalue weighted by Gasteiger charge is -2.38. The zero-order valence-corrected chi connectivity index (χ0v) is 18.7. The molecule has 0 bridgehead atoms. The fraction of sp³-hybridized carbons (Fsp3) is 0.714. The van der Waals surface area contributed by atoms with Crippen molar-refractivity contribution in [2.45, 2.75) is 83.1 Å². The molecule has 9 heteroatoms. The SMILES string of the molecule is COc1cn(C(CCOC2(C)CCC2)C(=O)O)c(=O)cc1B1OC(C)(C)C(C)(C)O1. The van der Waals surface area contributed by atoms with Crippen LogP contribution < -0.4 is 15.8 Å². The van der Waals surface area contributed by atoms with Crippen LogP contribution in [0.1, 0.15) is 66.3 Å². The fourth-order valence-electron chi connectivity index (χ4n) is 3.73. The van der Waals surface area contributed by atoms with Crippen molar-refractivity contribution < 1.29 is 28.7 Å². The number of ether oxygens (including phenoxy) is 2. The van der Waals surface area contributed by atoms with Crippen LogP contribution in [0.25, 0.3) is 0 Å². The first-order chi connectivity index (χ1) is 13.9. The van der Waals surface area contributed by atoms with Crippen molar-refractivity contribution in [2.24, 2.45) is 0 Å². The van der Waals surface area contributed by atoms with Gasteiger partial charge in [0.15, 0.2) is 0 Å². The maximum atomic E-state index is 12.9. The molecule has 1 saturated heterocycles. The van der Waals surface area contributed by atoms with E-state index in [0.717, 1.165) is 19.3 Å². The van der Waals surface area contributed by atoms with Crippen molar-refractivity contribution in [1.82, 2.24) is 4.57 Å². The fourth-order valence-corrected chi connectivity index (χ4v) is 3.73. The first kappa shape index (κ1) is 22.8. The van der Waals surface area contributed by atoms with Crippen LogP contribution in [0.4, 0.5) is 0 Å². The van der Waals surface area contributed by atoms with Crippen LogP contribution >= 0.6 is 0 Å². The van der Waals surface area contributed by atoms with Crippen molar-refractivity contribution in [1.29, 1.82) is 0 Å². The molecular weight excluding hydrogens is 389 g/mol. The Morgan fingerprint density at radius 1 is 1.23 bits per heavy atom. The van der Waals surface area contributed by atoms with Crippen molar-refractivity contribution >= 4 is 18.6 Å². The lowest BCUT2D eigenvalue weighted by molar-refractivity contribution is -0.143. The quantitative estimate of drug-likeness (QED) is 0.643. The molecule has 1 aliphatic carbocycles. The number of pyridine rings is 1. The summed E-state index contributed by atoms with van der Waals surface area (Å²) in [7, 11) is 0.687. The Kier molecular flexibility index (Phi) is 6.10. The predicted octanol–water partition coefficient (Wildman–Crippen LogP) is 2.13. The number of rotatable bonds is 8. The van der Waals surface area contributed by atoms with Gasteiger partial charge in [-0.1, -0.05) is 0 Å². The van der Waals surface area contributed by atoms with Crippen molar-refractivity contribution in [3.8, 4) is 5.75 Å². The second kappa shape index (κ2) is 8.02. The average molecular weight is 421 g/mol. The minimum atomic E-state index is -1.09. The minimum absolute atomic E-state index is 0.174. The summed E-state index contributed by atoms with van der Waals surface area (Å²) < 4.78 is 24.6. The number of carboxylic acid groups (broad SMARTS) is 1. The molecule has 0 amide bonds. The van der Waals surface area contributed by atoms with Gasteiger partial charge in [-0.25, -0.2) is 4.79 Å². The molecule has 1 atom stereocenters. The van der Waals surface area contributed by atoms with E-state index in [-0.39, 0.29) is 18.6 Å². The Bertz CT molecular complexity index is 843. The van der Waals surface area contributed by atoms with Crippen LogP contribution in [0.15, 0.2) is 17.1 Å². The van der Waals surface area contributed by atoms with Gasteiger partial charge in [0.25, 0.3) is 5.56 Å². The highest BCUT2D eigenvalue weighted by molar-refractivity contribution is 6.63. The molecule has 1 aromatic rings. The predicted molar refractivity (Wildman–Crippen MR) is 112 cm³/mol. The number of carboxylic acids is 1. The second-order valence-corrected chi connectivity index (χ2v) is 9.43. The Morgan fingerprint density at radius 2 is 1.83 bits per heavy atom. The van der Waals surface area contributed by atoms with Gasteiger partial charge in [-0.3, -0.25) is 9.36 Å². The van der Waals surface area contributed by atoms with Gasteiger partial charge in [-0.2, -0.15) is 0 Å². The molecule has 2 heterocycles. The Labute approximate surface area is 177 Å². The van der Waals surface area contributed by atoms with Crippen molar-refractivity contribution in [3.63, 3.8) is 0 Å². The van der Waals surface area contributed by atoms with Crippen LogP contribution in [0, 0.1) is 0 Å². The molecule has 2 aliphatic rings. The molecule has 1 saturated carbocycles. The zero-order chi connectivity index (χ0) is 22.3. The molecule has 0 radical (unpaired) electrons. The summed E-state index contributed by atoms with van der Waals surface area (Å²) in [6.45, 7) is 9.98. The summed E-state index contributed by atoms with van der Waals surface area (Å²) in [4.78, 5) is 24.7. The molecule has 1 unspecified atom stereocenters. The van der Waals surface area contributed by atoms with Crippen molar-refractivity contribution in [3.05, 3.63) is 22.6 Å². The molecule has 8 nitrogen and oxygen atoms in total. The van der Waals surface area contributed by atoms with E-state index in [0.29, 0.717) is 11.2 Å². The van der Waals surface area contributed by atoms with Crippen LogP contribution in [-0.4, -0.2) is 53.3 Å². The van der Waals surface area contributed by atoms with Crippen LogP contribution in [-0.2, 0) is 18.8 Å². The van der Waals surface area contributed by atoms with E-state index < -0.39 is 35.9 Å². The normalized spacial score (nSPS) is 22.4. The summed E-state index contributed by atoms with van der Waals surface area (Å²) in [5, 5.41) is 9.73. The van der Waals surface area contributed by atoms with Crippen LogP contribution in [0.3, 0.4) is 0 Å². The van der Waals surface area contributed by atoms with E-state index in [9.17, 15) is 14.7 Å². The number of carbonyl (C=O) groups is 1. The number of aromatic nitrogens is 1. The summed E-state index contributed by atoms with van der Waals surface area (Å²) >= 11 is 0. The average Bonchev–Trinajstić information content (AvgIpc) is 2.84. The third kappa shape index (κ3) is 4.29. The zero-order valence-electron chi connectivity index (χ0n) is 18.7. The van der Waals surface area contributed by atoms with Crippen molar-refractivity contribution in [2.75, 3.05) is 13.7 Å². The standard InChI is InChI=1S/C21H32BNO7/c1-19(2)20(3,4)30-22(29-19)14-12-17(24)23(13-16(14)27-6)15(18(25)26)8-11-28-21(5)9-7-10-21/h12-13,15H,7-11H2,1-6H3,(H,25,26). The van der Waals surface area contributed by atoms with Gasteiger partial charge in [0, 0.05) is 30.8 Å². The summed E-state index contributed by atoms with van der Waals surface area (Å²) in [6, 6.07) is 0.285. The van der Waals surface area contributed by atoms with E-state index in [4.69, 9.17) is 18.8 Å². The molecule has 30 heavy (non-hydrogen) atoms. The lowest BCUT2D eigenvalue weighted by Crippen LogP contribution is -2.41. The molecule has 1 aromatic heterocycles. The van der Waals surface area contributed by atoms with E-state index in [1.54, 1.807) is 0 Å². The Morgan fingerprint density at radius 3 is 2.30 bits per heavy atom. The molecule has 0 spiro atoms. The highest BCUT2D eigenvalue weighted by Gasteiger charge is 2.52. The van der Waals surface area contributed by atoms with E-state index in [2.05, 4.69) is 0 Å². The molecule has 1 N–H and O–H groups in total. The smallest absolute Gasteiger partial charge is 0.496 e. The number of hydrogen-bond donors (Lipinski definition) is 1. The first-order valence-electron chi connectivity index (χ1n) is 10.4. The maximum Gasteiger partial charge on any atom is 0.498 e. The number of nitrogens with zero attached hydrogens (tertiary/aromatic N) is 1. The molecule has 1 aliphatic heterocycles. The molecule has 0 aromatic carbocycles. The number of methoxy groups -OCH3 is 1. The van der Waals surface area contributed by atoms with Crippen LogP contribution in [0.2, 0.25) is 0 Å². The number of hydrogen-bond acceptors (Lipinski definition) is 6.